The van der Waals surface area contributed by atoms with Crippen molar-refractivity contribution in [3.8, 4) is 0 Å². The van der Waals surface area contributed by atoms with Crippen molar-refractivity contribution in [3.63, 3.8) is 0 Å². The molecule has 0 spiro atoms. The zero-order valence-corrected chi connectivity index (χ0v) is 9.94. The molecule has 1 aliphatic rings. The predicted octanol–water partition coefficient (Wildman–Crippen LogP) is 1.71. The molecule has 4 heteroatoms. The summed E-state index contributed by atoms with van der Waals surface area (Å²) in [5.74, 6) is 0.114. The van der Waals surface area contributed by atoms with Crippen LogP contribution in [0.15, 0.2) is 12.3 Å². The molecule has 0 aliphatic heterocycles. The minimum absolute atomic E-state index is 0.114. The summed E-state index contributed by atoms with van der Waals surface area (Å²) in [5, 5.41) is 0. The van der Waals surface area contributed by atoms with Crippen LogP contribution >= 0.6 is 0 Å². The van der Waals surface area contributed by atoms with Gasteiger partial charge in [-0.2, -0.15) is 0 Å². The van der Waals surface area contributed by atoms with Gasteiger partial charge in [0.15, 0.2) is 0 Å². The molecule has 1 amide bonds. The molecule has 1 aromatic rings. The summed E-state index contributed by atoms with van der Waals surface area (Å²) in [6, 6.07) is 2.23. The second-order valence-corrected chi connectivity index (χ2v) is 4.27. The van der Waals surface area contributed by atoms with E-state index in [9.17, 15) is 4.79 Å². The van der Waals surface area contributed by atoms with E-state index in [4.69, 9.17) is 5.73 Å². The van der Waals surface area contributed by atoms with E-state index in [0.29, 0.717) is 17.4 Å². The van der Waals surface area contributed by atoms with Crippen molar-refractivity contribution < 1.29 is 4.79 Å². The summed E-state index contributed by atoms with van der Waals surface area (Å²) >= 11 is 0. The summed E-state index contributed by atoms with van der Waals surface area (Å²) < 4.78 is 1.92. The zero-order chi connectivity index (χ0) is 11.7. The van der Waals surface area contributed by atoms with Crippen LogP contribution in [0.4, 0.5) is 5.69 Å². The van der Waals surface area contributed by atoms with Gasteiger partial charge >= 0.3 is 0 Å². The van der Waals surface area contributed by atoms with Crippen LogP contribution in [0.3, 0.4) is 0 Å². The minimum atomic E-state index is 0.114. The molecule has 0 saturated heterocycles. The van der Waals surface area contributed by atoms with E-state index < -0.39 is 0 Å². The van der Waals surface area contributed by atoms with Crippen LogP contribution in [0, 0.1) is 0 Å². The molecule has 1 heterocycles. The zero-order valence-electron chi connectivity index (χ0n) is 9.94. The summed E-state index contributed by atoms with van der Waals surface area (Å²) in [6.07, 6.45) is 4.11. The van der Waals surface area contributed by atoms with Crippen molar-refractivity contribution >= 4 is 11.6 Å². The van der Waals surface area contributed by atoms with Crippen molar-refractivity contribution in [3.05, 3.63) is 18.0 Å². The van der Waals surface area contributed by atoms with E-state index in [1.165, 1.54) is 0 Å². The van der Waals surface area contributed by atoms with Gasteiger partial charge in [0.1, 0.15) is 5.69 Å². The molecule has 1 fully saturated rings. The Morgan fingerprint density at radius 1 is 1.56 bits per heavy atom. The maximum Gasteiger partial charge on any atom is 0.270 e. The molecular formula is C12H19N3O. The number of nitrogens with zero attached hydrogens (tertiary/aromatic N) is 2. The lowest BCUT2D eigenvalue weighted by atomic mass is 10.3. The Kier molecular flexibility index (Phi) is 2.90. The first-order valence-corrected chi connectivity index (χ1v) is 5.94. The fourth-order valence-corrected chi connectivity index (χ4v) is 2.07. The number of aryl methyl sites for hydroxylation is 1. The van der Waals surface area contributed by atoms with E-state index in [1.807, 2.05) is 29.5 Å². The number of rotatable bonds is 4. The highest BCUT2D eigenvalue weighted by molar-refractivity contribution is 5.94. The molecule has 2 rings (SSSR count). The Hall–Kier alpha value is -1.45. The first kappa shape index (κ1) is 11.0. The lowest BCUT2D eigenvalue weighted by Crippen LogP contribution is -2.34. The van der Waals surface area contributed by atoms with E-state index in [0.717, 1.165) is 25.9 Å². The standard InChI is InChI=1S/C12H19N3O/c1-3-14-8-9(13)7-11(14)12(16)15(4-2)10-5-6-10/h7-8,10H,3-6,13H2,1-2H3. The second kappa shape index (κ2) is 4.20. The molecule has 4 nitrogen and oxygen atoms in total. The molecular weight excluding hydrogens is 202 g/mol. The van der Waals surface area contributed by atoms with Crippen LogP contribution in [0.5, 0.6) is 0 Å². The molecule has 1 aliphatic carbocycles. The summed E-state index contributed by atoms with van der Waals surface area (Å²) in [7, 11) is 0. The molecule has 0 bridgehead atoms. The van der Waals surface area contributed by atoms with E-state index in [-0.39, 0.29) is 5.91 Å². The fraction of sp³-hybridized carbons (Fsp3) is 0.583. The average Bonchev–Trinajstić information content (AvgIpc) is 3.02. The number of hydrogen-bond acceptors (Lipinski definition) is 2. The highest BCUT2D eigenvalue weighted by Gasteiger charge is 2.32. The van der Waals surface area contributed by atoms with Gasteiger partial charge in [0.2, 0.25) is 0 Å². The molecule has 0 unspecified atom stereocenters. The number of carbonyl (C=O) groups excluding carboxylic acids is 1. The Labute approximate surface area is 96.0 Å². The van der Waals surface area contributed by atoms with Gasteiger partial charge in [-0.1, -0.05) is 0 Å². The third-order valence-corrected chi connectivity index (χ3v) is 3.07. The highest BCUT2D eigenvalue weighted by Crippen LogP contribution is 2.28. The highest BCUT2D eigenvalue weighted by atomic mass is 16.2. The first-order valence-electron chi connectivity index (χ1n) is 5.94. The van der Waals surface area contributed by atoms with Crippen molar-refractivity contribution in [2.75, 3.05) is 12.3 Å². The Morgan fingerprint density at radius 2 is 2.25 bits per heavy atom. The van der Waals surface area contributed by atoms with Crippen molar-refractivity contribution in [2.24, 2.45) is 0 Å². The number of amides is 1. The molecule has 88 valence electrons. The van der Waals surface area contributed by atoms with Crippen LogP contribution in [0.1, 0.15) is 37.2 Å². The number of nitrogens with two attached hydrogens (primary N) is 1. The fourth-order valence-electron chi connectivity index (χ4n) is 2.07. The van der Waals surface area contributed by atoms with Crippen LogP contribution in [-0.4, -0.2) is 28.0 Å². The van der Waals surface area contributed by atoms with Crippen LogP contribution in [0.2, 0.25) is 0 Å². The first-order chi connectivity index (χ1) is 7.67. The number of carbonyl (C=O) groups is 1. The van der Waals surface area contributed by atoms with Crippen LogP contribution in [-0.2, 0) is 6.54 Å². The third-order valence-electron chi connectivity index (χ3n) is 3.07. The maximum absolute atomic E-state index is 12.3. The minimum Gasteiger partial charge on any atom is -0.397 e. The predicted molar refractivity (Wildman–Crippen MR) is 64.3 cm³/mol. The molecule has 0 atom stereocenters. The van der Waals surface area contributed by atoms with Gasteiger partial charge in [-0.05, 0) is 32.8 Å². The second-order valence-electron chi connectivity index (χ2n) is 4.27. The van der Waals surface area contributed by atoms with Crippen molar-refractivity contribution in [2.45, 2.75) is 39.3 Å². The van der Waals surface area contributed by atoms with Gasteiger partial charge in [0, 0.05) is 25.3 Å². The van der Waals surface area contributed by atoms with E-state index in [2.05, 4.69) is 0 Å². The number of nitrogen functional groups attached to an aromatic ring is 1. The Morgan fingerprint density at radius 3 is 2.75 bits per heavy atom. The van der Waals surface area contributed by atoms with Gasteiger partial charge in [-0.3, -0.25) is 4.79 Å². The van der Waals surface area contributed by atoms with Crippen molar-refractivity contribution in [1.82, 2.24) is 9.47 Å². The summed E-state index contributed by atoms with van der Waals surface area (Å²) in [5.41, 5.74) is 7.11. The monoisotopic (exact) mass is 221 g/mol. The molecule has 0 aromatic carbocycles. The van der Waals surface area contributed by atoms with Gasteiger partial charge < -0.3 is 15.2 Å². The van der Waals surface area contributed by atoms with Gasteiger partial charge in [0.05, 0.1) is 5.69 Å². The number of hydrogen-bond donors (Lipinski definition) is 1. The van der Waals surface area contributed by atoms with Gasteiger partial charge in [-0.25, -0.2) is 0 Å². The van der Waals surface area contributed by atoms with Crippen LogP contribution < -0.4 is 5.73 Å². The largest absolute Gasteiger partial charge is 0.397 e. The maximum atomic E-state index is 12.3. The normalized spacial score (nSPS) is 15.1. The smallest absolute Gasteiger partial charge is 0.270 e. The van der Waals surface area contributed by atoms with Gasteiger partial charge in [-0.15, -0.1) is 0 Å². The lowest BCUT2D eigenvalue weighted by Gasteiger charge is -2.20. The molecule has 2 N–H and O–H groups in total. The number of aromatic nitrogens is 1. The molecule has 1 saturated carbocycles. The van der Waals surface area contributed by atoms with E-state index >= 15 is 0 Å². The molecule has 16 heavy (non-hydrogen) atoms. The van der Waals surface area contributed by atoms with Crippen LogP contribution in [0.25, 0.3) is 0 Å². The summed E-state index contributed by atoms with van der Waals surface area (Å²) in [6.45, 7) is 5.60. The Bertz CT molecular complexity index is 393. The summed E-state index contributed by atoms with van der Waals surface area (Å²) in [4.78, 5) is 14.2. The Balaban J connectivity index is 2.24. The molecule has 0 radical (unpaired) electrons. The SMILES string of the molecule is CCN(C(=O)c1cc(N)cn1CC)C1CC1. The topological polar surface area (TPSA) is 51.3 Å². The lowest BCUT2D eigenvalue weighted by molar-refractivity contribution is 0.0742. The quantitative estimate of drug-likeness (QED) is 0.841. The average molecular weight is 221 g/mol. The van der Waals surface area contributed by atoms with Crippen molar-refractivity contribution in [1.29, 1.82) is 0 Å². The molecule has 1 aromatic heterocycles. The number of anilines is 1. The third kappa shape index (κ3) is 1.92. The van der Waals surface area contributed by atoms with E-state index in [1.54, 1.807) is 6.07 Å². The van der Waals surface area contributed by atoms with Gasteiger partial charge in [0.25, 0.3) is 5.91 Å².